The van der Waals surface area contributed by atoms with Gasteiger partial charge in [0.15, 0.2) is 0 Å². The molecule has 2 aromatic heterocycles. The minimum absolute atomic E-state index is 0.0419. The van der Waals surface area contributed by atoms with E-state index in [1.165, 1.54) is 11.8 Å². The van der Waals surface area contributed by atoms with Crippen molar-refractivity contribution in [1.82, 2.24) is 20.5 Å². The van der Waals surface area contributed by atoms with Crippen molar-refractivity contribution < 1.29 is 4.79 Å². The molecule has 1 amide bonds. The van der Waals surface area contributed by atoms with E-state index in [9.17, 15) is 4.79 Å². The molecule has 2 heterocycles. The van der Waals surface area contributed by atoms with Crippen LogP contribution in [0.2, 0.25) is 0 Å². The summed E-state index contributed by atoms with van der Waals surface area (Å²) in [6.45, 7) is 7.97. The monoisotopic (exact) mass is 320 g/mol. The van der Waals surface area contributed by atoms with Gasteiger partial charge in [-0.2, -0.15) is 0 Å². The van der Waals surface area contributed by atoms with Crippen LogP contribution in [0.3, 0.4) is 0 Å². The minimum atomic E-state index is -0.0419. The summed E-state index contributed by atoms with van der Waals surface area (Å²) in [4.78, 5) is 16.9. The number of hydrogen-bond donors (Lipinski definition) is 1. The highest BCUT2D eigenvalue weighted by Crippen LogP contribution is 2.28. The summed E-state index contributed by atoms with van der Waals surface area (Å²) in [7, 11) is 0. The summed E-state index contributed by atoms with van der Waals surface area (Å²) in [6, 6.07) is 3.79. The molecule has 0 aliphatic rings. The summed E-state index contributed by atoms with van der Waals surface area (Å²) < 4.78 is 0. The first-order valence-corrected chi connectivity index (χ1v) is 8.19. The van der Waals surface area contributed by atoms with E-state index < -0.39 is 0 Å². The van der Waals surface area contributed by atoms with E-state index in [1.807, 2.05) is 26.0 Å². The smallest absolute Gasteiger partial charge is 0.230 e. The SMILES string of the molecule is C=CCNC(=O)CSc1ccc(-c2sc(C)nc2C)nn1. The first-order chi connectivity index (χ1) is 10.1. The number of carbonyl (C=O) groups excluding carboxylic acids is 1. The summed E-state index contributed by atoms with van der Waals surface area (Å²) in [6.07, 6.45) is 1.65. The lowest BCUT2D eigenvalue weighted by Gasteiger charge is -2.02. The van der Waals surface area contributed by atoms with E-state index in [2.05, 4.69) is 27.1 Å². The first-order valence-electron chi connectivity index (χ1n) is 6.38. The van der Waals surface area contributed by atoms with Gasteiger partial charge in [-0.3, -0.25) is 4.79 Å². The molecule has 2 rings (SSSR count). The van der Waals surface area contributed by atoms with Gasteiger partial charge in [0, 0.05) is 6.54 Å². The number of rotatable bonds is 6. The van der Waals surface area contributed by atoms with Crippen molar-refractivity contribution >= 4 is 29.0 Å². The topological polar surface area (TPSA) is 67.8 Å². The van der Waals surface area contributed by atoms with Gasteiger partial charge in [0.2, 0.25) is 5.91 Å². The van der Waals surface area contributed by atoms with Crippen molar-refractivity contribution in [1.29, 1.82) is 0 Å². The van der Waals surface area contributed by atoms with Gasteiger partial charge >= 0.3 is 0 Å². The van der Waals surface area contributed by atoms with Crippen molar-refractivity contribution in [2.75, 3.05) is 12.3 Å². The second-order valence-corrected chi connectivity index (χ2v) is 6.48. The number of carbonyl (C=O) groups is 1. The number of amides is 1. The average Bonchev–Trinajstić information content (AvgIpc) is 2.82. The Labute approximate surface area is 131 Å². The van der Waals surface area contributed by atoms with E-state index in [0.29, 0.717) is 12.3 Å². The van der Waals surface area contributed by atoms with Gasteiger partial charge < -0.3 is 5.32 Å². The highest BCUT2D eigenvalue weighted by Gasteiger charge is 2.10. The van der Waals surface area contributed by atoms with Crippen molar-refractivity contribution in [3.63, 3.8) is 0 Å². The van der Waals surface area contributed by atoms with E-state index in [1.54, 1.807) is 17.4 Å². The number of thioether (sulfide) groups is 1. The third kappa shape index (κ3) is 4.37. The van der Waals surface area contributed by atoms with Gasteiger partial charge in [-0.05, 0) is 26.0 Å². The molecule has 0 bridgehead atoms. The molecule has 7 heteroatoms. The summed E-state index contributed by atoms with van der Waals surface area (Å²) >= 11 is 2.97. The number of nitrogens with zero attached hydrogens (tertiary/aromatic N) is 3. The summed E-state index contributed by atoms with van der Waals surface area (Å²) in [5.74, 6) is 0.278. The average molecular weight is 320 g/mol. The summed E-state index contributed by atoms with van der Waals surface area (Å²) in [5.41, 5.74) is 1.79. The fraction of sp³-hybridized carbons (Fsp3) is 0.286. The van der Waals surface area contributed by atoms with Crippen LogP contribution >= 0.6 is 23.1 Å². The Kier molecular flexibility index (Phi) is 5.46. The molecule has 0 unspecified atom stereocenters. The number of hydrogen-bond acceptors (Lipinski definition) is 6. The summed E-state index contributed by atoms with van der Waals surface area (Å²) in [5, 5.41) is 12.8. The Bertz CT molecular complexity index is 637. The van der Waals surface area contributed by atoms with Gasteiger partial charge in [0.1, 0.15) is 10.7 Å². The van der Waals surface area contributed by atoms with Crippen LogP contribution in [0.15, 0.2) is 29.8 Å². The van der Waals surface area contributed by atoms with Crippen molar-refractivity contribution in [2.45, 2.75) is 18.9 Å². The van der Waals surface area contributed by atoms with E-state index >= 15 is 0 Å². The second kappa shape index (κ2) is 7.33. The Hall–Kier alpha value is -1.73. The predicted molar refractivity (Wildman–Crippen MR) is 86.5 cm³/mol. The third-order valence-electron chi connectivity index (χ3n) is 2.57. The van der Waals surface area contributed by atoms with Crippen LogP contribution in [0.1, 0.15) is 10.7 Å². The highest BCUT2D eigenvalue weighted by molar-refractivity contribution is 7.99. The molecule has 0 saturated heterocycles. The van der Waals surface area contributed by atoms with Crippen LogP contribution in [0.4, 0.5) is 0 Å². The maximum absolute atomic E-state index is 11.5. The van der Waals surface area contributed by atoms with E-state index in [0.717, 1.165) is 26.3 Å². The fourth-order valence-corrected chi connectivity index (χ4v) is 3.19. The lowest BCUT2D eigenvalue weighted by atomic mass is 10.3. The van der Waals surface area contributed by atoms with Crippen molar-refractivity contribution in [3.8, 4) is 10.6 Å². The number of aromatic nitrogens is 3. The molecule has 0 atom stereocenters. The molecular formula is C14H16N4OS2. The lowest BCUT2D eigenvalue weighted by Crippen LogP contribution is -2.24. The normalized spacial score (nSPS) is 10.4. The Morgan fingerprint density at radius 1 is 1.43 bits per heavy atom. The van der Waals surface area contributed by atoms with Gasteiger partial charge in [-0.15, -0.1) is 28.1 Å². The largest absolute Gasteiger partial charge is 0.352 e. The van der Waals surface area contributed by atoms with Gasteiger partial charge in [-0.1, -0.05) is 17.8 Å². The number of thiazole rings is 1. The molecule has 2 aromatic rings. The molecule has 0 aliphatic heterocycles. The molecule has 1 N–H and O–H groups in total. The predicted octanol–water partition coefficient (Wildman–Crippen LogP) is 2.61. The Morgan fingerprint density at radius 3 is 2.81 bits per heavy atom. The molecular weight excluding hydrogens is 304 g/mol. The zero-order chi connectivity index (χ0) is 15.2. The molecule has 5 nitrogen and oxygen atoms in total. The maximum atomic E-state index is 11.5. The maximum Gasteiger partial charge on any atom is 0.230 e. The lowest BCUT2D eigenvalue weighted by molar-refractivity contribution is -0.118. The first kappa shape index (κ1) is 15.7. The van der Waals surface area contributed by atoms with E-state index in [4.69, 9.17) is 0 Å². The van der Waals surface area contributed by atoms with Gasteiger partial charge in [0.05, 0.1) is 21.3 Å². The third-order valence-corrected chi connectivity index (χ3v) is 4.59. The van der Waals surface area contributed by atoms with Crippen LogP contribution in [0.5, 0.6) is 0 Å². The second-order valence-electron chi connectivity index (χ2n) is 4.29. The number of nitrogens with one attached hydrogen (secondary N) is 1. The minimum Gasteiger partial charge on any atom is -0.352 e. The van der Waals surface area contributed by atoms with Crippen molar-refractivity contribution in [3.05, 3.63) is 35.5 Å². The van der Waals surface area contributed by atoms with Crippen LogP contribution < -0.4 is 5.32 Å². The molecule has 0 saturated carbocycles. The van der Waals surface area contributed by atoms with Gasteiger partial charge in [0.25, 0.3) is 0 Å². The van der Waals surface area contributed by atoms with Crippen LogP contribution in [-0.2, 0) is 4.79 Å². The molecule has 0 fully saturated rings. The zero-order valence-electron chi connectivity index (χ0n) is 11.9. The van der Waals surface area contributed by atoms with Gasteiger partial charge in [-0.25, -0.2) is 4.98 Å². The molecule has 0 radical (unpaired) electrons. The standard InChI is InChI=1S/C14H16N4OS2/c1-4-7-15-12(19)8-20-13-6-5-11(17-18-13)14-9(2)16-10(3)21-14/h4-6H,1,7-8H2,2-3H3,(H,15,19). The van der Waals surface area contributed by atoms with Crippen LogP contribution in [0, 0.1) is 13.8 Å². The molecule has 21 heavy (non-hydrogen) atoms. The quantitative estimate of drug-likeness (QED) is 0.654. The number of aryl methyl sites for hydroxylation is 2. The zero-order valence-corrected chi connectivity index (χ0v) is 13.6. The fourth-order valence-electron chi connectivity index (χ4n) is 1.66. The van der Waals surface area contributed by atoms with Crippen LogP contribution in [0.25, 0.3) is 10.6 Å². The molecule has 0 spiro atoms. The molecule has 0 aromatic carbocycles. The molecule has 0 aliphatic carbocycles. The van der Waals surface area contributed by atoms with E-state index in [-0.39, 0.29) is 5.91 Å². The Morgan fingerprint density at radius 2 is 2.24 bits per heavy atom. The van der Waals surface area contributed by atoms with Crippen molar-refractivity contribution in [2.24, 2.45) is 0 Å². The highest BCUT2D eigenvalue weighted by atomic mass is 32.2. The Balaban J connectivity index is 1.97. The van der Waals surface area contributed by atoms with Crippen LogP contribution in [-0.4, -0.2) is 33.4 Å². The molecule has 110 valence electrons.